The number of esters is 2. The van der Waals surface area contributed by atoms with Crippen LogP contribution < -0.4 is 0 Å². The van der Waals surface area contributed by atoms with E-state index in [0.29, 0.717) is 32.1 Å². The van der Waals surface area contributed by atoms with Gasteiger partial charge in [0, 0.05) is 18.8 Å². The third-order valence-corrected chi connectivity index (χ3v) is 5.83. The Balaban J connectivity index is 4.28. The summed E-state index contributed by atoms with van der Waals surface area (Å²) in [4.78, 5) is 24.0. The number of carbonyl (C=O) groups excluding carboxylic acids is 2. The van der Waals surface area contributed by atoms with Crippen molar-refractivity contribution >= 4 is 22.1 Å². The molecule has 0 atom stereocenters. The van der Waals surface area contributed by atoms with Crippen molar-refractivity contribution in [2.45, 2.75) is 110 Å². The topological polar surface area (TPSA) is 96.0 Å². The molecule has 0 spiro atoms. The SMILES string of the molecule is CCCCCCCC(=O)OCC(CCCCOS(C)(=O)=O)COC(=O)CCCCCCC. The molecule has 0 saturated heterocycles. The van der Waals surface area contributed by atoms with Crippen LogP contribution in [-0.4, -0.2) is 46.4 Å². The normalized spacial score (nSPS) is 11.6. The van der Waals surface area contributed by atoms with Gasteiger partial charge < -0.3 is 9.47 Å². The van der Waals surface area contributed by atoms with Gasteiger partial charge in [0.2, 0.25) is 0 Å². The van der Waals surface area contributed by atoms with Crippen LogP contribution in [0.2, 0.25) is 0 Å². The fourth-order valence-corrected chi connectivity index (χ4v) is 3.69. The lowest BCUT2D eigenvalue weighted by Crippen LogP contribution is -2.21. The second-order valence-electron chi connectivity index (χ2n) is 8.58. The molecule has 0 aromatic rings. The second-order valence-corrected chi connectivity index (χ2v) is 10.2. The fraction of sp³-hybridized carbons (Fsp3) is 0.917. The molecule has 0 amide bonds. The van der Waals surface area contributed by atoms with Gasteiger partial charge in [0.25, 0.3) is 10.1 Å². The highest BCUT2D eigenvalue weighted by Gasteiger charge is 2.15. The van der Waals surface area contributed by atoms with Gasteiger partial charge in [0.05, 0.1) is 26.1 Å². The average molecular weight is 479 g/mol. The quantitative estimate of drug-likeness (QED) is 0.114. The molecule has 0 aromatic carbocycles. The summed E-state index contributed by atoms with van der Waals surface area (Å²) < 4.78 is 37.7. The molecule has 0 aliphatic carbocycles. The predicted octanol–water partition coefficient (Wildman–Crippen LogP) is 5.56. The minimum Gasteiger partial charge on any atom is -0.465 e. The van der Waals surface area contributed by atoms with Crippen molar-refractivity contribution in [3.05, 3.63) is 0 Å². The molecule has 0 aromatic heterocycles. The van der Waals surface area contributed by atoms with E-state index in [2.05, 4.69) is 13.8 Å². The highest BCUT2D eigenvalue weighted by Crippen LogP contribution is 2.14. The lowest BCUT2D eigenvalue weighted by molar-refractivity contribution is -0.149. The second kappa shape index (κ2) is 20.5. The summed E-state index contributed by atoms with van der Waals surface area (Å²) >= 11 is 0. The molecule has 190 valence electrons. The molecule has 0 aliphatic heterocycles. The smallest absolute Gasteiger partial charge is 0.305 e. The average Bonchev–Trinajstić information content (AvgIpc) is 2.73. The van der Waals surface area contributed by atoms with Gasteiger partial charge in [0.1, 0.15) is 0 Å². The van der Waals surface area contributed by atoms with Crippen LogP contribution in [0.1, 0.15) is 110 Å². The first-order valence-corrected chi connectivity index (χ1v) is 14.3. The third-order valence-electron chi connectivity index (χ3n) is 5.23. The molecule has 8 heteroatoms. The minimum atomic E-state index is -3.44. The highest BCUT2D eigenvalue weighted by atomic mass is 32.2. The van der Waals surface area contributed by atoms with Crippen molar-refractivity contribution in [1.29, 1.82) is 0 Å². The molecule has 0 radical (unpaired) electrons. The van der Waals surface area contributed by atoms with E-state index >= 15 is 0 Å². The van der Waals surface area contributed by atoms with Gasteiger partial charge >= 0.3 is 11.9 Å². The van der Waals surface area contributed by atoms with Crippen LogP contribution in [-0.2, 0) is 33.4 Å². The monoisotopic (exact) mass is 478 g/mol. The molecule has 0 rings (SSSR count). The minimum absolute atomic E-state index is 0.0960. The Bertz CT molecular complexity index is 545. The summed E-state index contributed by atoms with van der Waals surface area (Å²) in [6.45, 7) is 4.86. The molecule has 0 bridgehead atoms. The molecular formula is C24H46O7S. The van der Waals surface area contributed by atoms with E-state index < -0.39 is 10.1 Å². The molecule has 0 saturated carbocycles. The van der Waals surface area contributed by atoms with E-state index in [1.54, 1.807) is 0 Å². The van der Waals surface area contributed by atoms with Crippen LogP contribution in [0.4, 0.5) is 0 Å². The Kier molecular flexibility index (Phi) is 19.7. The summed E-state index contributed by atoms with van der Waals surface area (Å²) in [6.07, 6.45) is 14.5. The molecule has 7 nitrogen and oxygen atoms in total. The van der Waals surface area contributed by atoms with Gasteiger partial charge in [-0.25, -0.2) is 0 Å². The van der Waals surface area contributed by atoms with Crippen LogP contribution >= 0.6 is 0 Å². The zero-order valence-electron chi connectivity index (χ0n) is 20.6. The first-order valence-electron chi connectivity index (χ1n) is 12.4. The molecule has 0 aliphatic rings. The van der Waals surface area contributed by atoms with Crippen LogP contribution in [0.3, 0.4) is 0 Å². The largest absolute Gasteiger partial charge is 0.465 e. The molecule has 32 heavy (non-hydrogen) atoms. The highest BCUT2D eigenvalue weighted by molar-refractivity contribution is 7.85. The van der Waals surface area contributed by atoms with Gasteiger partial charge in [-0.1, -0.05) is 71.6 Å². The van der Waals surface area contributed by atoms with Crippen molar-refractivity contribution in [2.75, 3.05) is 26.1 Å². The fourth-order valence-electron chi connectivity index (χ4n) is 3.27. The summed E-state index contributed by atoms with van der Waals surface area (Å²) in [6, 6.07) is 0. The molecule has 0 unspecified atom stereocenters. The van der Waals surface area contributed by atoms with Crippen LogP contribution in [0, 0.1) is 5.92 Å². The first kappa shape index (κ1) is 30.9. The Labute approximate surface area is 196 Å². The molecule has 0 fully saturated rings. The number of hydrogen-bond donors (Lipinski definition) is 0. The number of carbonyl (C=O) groups is 2. The number of unbranched alkanes of at least 4 members (excludes halogenated alkanes) is 9. The maximum atomic E-state index is 12.0. The Morgan fingerprint density at radius 3 is 1.59 bits per heavy atom. The van der Waals surface area contributed by atoms with E-state index in [1.807, 2.05) is 0 Å². The van der Waals surface area contributed by atoms with Crippen LogP contribution in [0.15, 0.2) is 0 Å². The summed E-state index contributed by atoms with van der Waals surface area (Å²) in [7, 11) is -3.44. The van der Waals surface area contributed by atoms with Gasteiger partial charge in [-0.05, 0) is 25.7 Å². The van der Waals surface area contributed by atoms with Crippen molar-refractivity contribution in [1.82, 2.24) is 0 Å². The Morgan fingerprint density at radius 2 is 1.16 bits per heavy atom. The molecule has 0 N–H and O–H groups in total. The van der Waals surface area contributed by atoms with Gasteiger partial charge in [-0.2, -0.15) is 8.42 Å². The van der Waals surface area contributed by atoms with Crippen LogP contribution in [0.25, 0.3) is 0 Å². The number of rotatable bonds is 22. The molecule has 0 heterocycles. The van der Waals surface area contributed by atoms with E-state index in [9.17, 15) is 18.0 Å². The predicted molar refractivity (Wildman–Crippen MR) is 127 cm³/mol. The molecular weight excluding hydrogens is 432 g/mol. The van der Waals surface area contributed by atoms with Crippen molar-refractivity contribution in [3.63, 3.8) is 0 Å². The standard InChI is InChI=1S/C24H46O7S/c1-4-6-8-10-12-17-23(25)29-20-22(16-14-15-19-31-32(3,27)28)21-30-24(26)18-13-11-9-7-5-2/h22H,4-21H2,1-3H3. The van der Waals surface area contributed by atoms with E-state index in [1.165, 1.54) is 25.7 Å². The van der Waals surface area contributed by atoms with Crippen molar-refractivity contribution in [3.8, 4) is 0 Å². The summed E-state index contributed by atoms with van der Waals surface area (Å²) in [5.74, 6) is -0.523. The van der Waals surface area contributed by atoms with E-state index in [0.717, 1.165) is 44.8 Å². The summed E-state index contributed by atoms with van der Waals surface area (Å²) in [5, 5.41) is 0. The maximum absolute atomic E-state index is 12.0. The van der Waals surface area contributed by atoms with E-state index in [-0.39, 0.29) is 37.7 Å². The van der Waals surface area contributed by atoms with Gasteiger partial charge in [0.15, 0.2) is 0 Å². The van der Waals surface area contributed by atoms with Gasteiger partial charge in [-0.3, -0.25) is 13.8 Å². The van der Waals surface area contributed by atoms with Crippen molar-refractivity contribution < 1.29 is 31.7 Å². The summed E-state index contributed by atoms with van der Waals surface area (Å²) in [5.41, 5.74) is 0. The maximum Gasteiger partial charge on any atom is 0.305 e. The first-order chi connectivity index (χ1) is 15.3. The lowest BCUT2D eigenvalue weighted by Gasteiger charge is -2.17. The van der Waals surface area contributed by atoms with Crippen molar-refractivity contribution in [2.24, 2.45) is 5.92 Å². The Hall–Kier alpha value is -1.15. The number of hydrogen-bond acceptors (Lipinski definition) is 7. The van der Waals surface area contributed by atoms with E-state index in [4.69, 9.17) is 13.7 Å². The van der Waals surface area contributed by atoms with Crippen LogP contribution in [0.5, 0.6) is 0 Å². The lowest BCUT2D eigenvalue weighted by atomic mass is 10.0. The third kappa shape index (κ3) is 22.1. The number of ether oxygens (including phenoxy) is 2. The van der Waals surface area contributed by atoms with Gasteiger partial charge in [-0.15, -0.1) is 0 Å². The Morgan fingerprint density at radius 1 is 0.688 bits per heavy atom. The zero-order valence-corrected chi connectivity index (χ0v) is 21.4. The zero-order chi connectivity index (χ0) is 24.1.